The molecule has 0 spiro atoms. The van der Waals surface area contributed by atoms with Gasteiger partial charge in [0, 0.05) is 17.1 Å². The predicted octanol–water partition coefficient (Wildman–Crippen LogP) is 4.84. The van der Waals surface area contributed by atoms with Gasteiger partial charge in [0.25, 0.3) is 0 Å². The zero-order valence-corrected chi connectivity index (χ0v) is 18.5. The van der Waals surface area contributed by atoms with Gasteiger partial charge in [-0.25, -0.2) is 4.68 Å². The molecule has 0 radical (unpaired) electrons. The molecule has 1 aromatic heterocycles. The second-order valence-corrected chi connectivity index (χ2v) is 8.77. The molecule has 0 fully saturated rings. The lowest BCUT2D eigenvalue weighted by Crippen LogP contribution is -2.41. The second-order valence-electron chi connectivity index (χ2n) is 7.22. The first-order valence-electron chi connectivity index (χ1n) is 10.1. The molecule has 0 saturated carbocycles. The fourth-order valence-corrected chi connectivity index (χ4v) is 4.67. The number of fused-ring (bicyclic) bond motifs is 1. The monoisotopic (exact) mass is 441 g/mol. The van der Waals surface area contributed by atoms with Gasteiger partial charge < -0.3 is 10.7 Å². The summed E-state index contributed by atoms with van der Waals surface area (Å²) in [5.41, 5.74) is 6.47. The van der Waals surface area contributed by atoms with E-state index in [1.54, 1.807) is 0 Å². The highest BCUT2D eigenvalue weighted by molar-refractivity contribution is 8.00. The van der Waals surface area contributed by atoms with E-state index in [9.17, 15) is 4.79 Å². The van der Waals surface area contributed by atoms with Crippen LogP contribution in [0.2, 0.25) is 5.02 Å². The Labute approximate surface area is 185 Å². The summed E-state index contributed by atoms with van der Waals surface area (Å²) in [7, 11) is 0. The number of carbonyl (C=O) groups is 1. The molecule has 1 amide bonds. The molecule has 2 atom stereocenters. The van der Waals surface area contributed by atoms with Crippen LogP contribution >= 0.6 is 23.4 Å². The number of nitrogens with one attached hydrogen (secondary N) is 2. The van der Waals surface area contributed by atoms with Gasteiger partial charge >= 0.3 is 0 Å². The molecule has 2 unspecified atom stereocenters. The number of hydrogen-bond donors (Lipinski definition) is 2. The predicted molar refractivity (Wildman–Crippen MR) is 122 cm³/mol. The summed E-state index contributed by atoms with van der Waals surface area (Å²) >= 11 is 7.51. The Hall–Kier alpha value is -2.51. The van der Waals surface area contributed by atoms with Gasteiger partial charge in [-0.05, 0) is 48.2 Å². The van der Waals surface area contributed by atoms with Gasteiger partial charge in [-0.2, -0.15) is 0 Å². The van der Waals surface area contributed by atoms with Crippen molar-refractivity contribution < 1.29 is 4.79 Å². The molecule has 8 heteroatoms. The summed E-state index contributed by atoms with van der Waals surface area (Å²) in [5.74, 6) is 0.788. The number of rotatable bonds is 6. The topological polar surface area (TPSA) is 71.8 Å². The highest BCUT2D eigenvalue weighted by Crippen LogP contribution is 2.38. The van der Waals surface area contributed by atoms with Gasteiger partial charge in [0.1, 0.15) is 5.25 Å². The van der Waals surface area contributed by atoms with Crippen LogP contribution in [0.4, 0.5) is 5.69 Å². The van der Waals surface area contributed by atoms with E-state index in [0.717, 1.165) is 36.3 Å². The molecule has 0 aliphatic carbocycles. The summed E-state index contributed by atoms with van der Waals surface area (Å²) in [4.78, 5) is 13.3. The zero-order valence-electron chi connectivity index (χ0n) is 16.9. The highest BCUT2D eigenvalue weighted by atomic mass is 35.5. The minimum absolute atomic E-state index is 0.0806. The molecule has 1 aliphatic rings. The number of carbonyl (C=O) groups excluding carboxylic acids is 1. The maximum absolute atomic E-state index is 13.3. The minimum Gasteiger partial charge on any atom is -0.325 e. The number of anilines is 1. The number of amides is 1. The van der Waals surface area contributed by atoms with Crippen LogP contribution < -0.4 is 10.7 Å². The molecular weight excluding hydrogens is 418 g/mol. The lowest BCUT2D eigenvalue weighted by molar-refractivity contribution is -0.116. The van der Waals surface area contributed by atoms with Crippen molar-refractivity contribution in [2.75, 3.05) is 10.7 Å². The Kier molecular flexibility index (Phi) is 6.29. The van der Waals surface area contributed by atoms with Crippen LogP contribution in [0.15, 0.2) is 53.7 Å². The molecule has 2 aromatic carbocycles. The number of halogens is 1. The lowest BCUT2D eigenvalue weighted by atomic mass is 10.0. The third-order valence-electron chi connectivity index (χ3n) is 5.09. The van der Waals surface area contributed by atoms with Crippen LogP contribution in [0, 0.1) is 0 Å². The van der Waals surface area contributed by atoms with Crippen LogP contribution in [0.3, 0.4) is 0 Å². The first kappa shape index (κ1) is 20.8. The van der Waals surface area contributed by atoms with Gasteiger partial charge in [-0.15, -0.1) is 10.2 Å². The Bertz CT molecular complexity index is 1020. The number of nitrogens with zero attached hydrogens (tertiary/aromatic N) is 3. The largest absolute Gasteiger partial charge is 0.325 e. The van der Waals surface area contributed by atoms with Crippen LogP contribution in [0.25, 0.3) is 0 Å². The van der Waals surface area contributed by atoms with Gasteiger partial charge in [-0.1, -0.05) is 61.5 Å². The molecule has 3 aromatic rings. The first-order chi connectivity index (χ1) is 14.6. The molecule has 1 aliphatic heterocycles. The van der Waals surface area contributed by atoms with E-state index in [1.807, 2.05) is 53.2 Å². The van der Waals surface area contributed by atoms with Crippen LogP contribution in [-0.4, -0.2) is 26.0 Å². The van der Waals surface area contributed by atoms with Gasteiger partial charge in [0.05, 0.1) is 6.04 Å². The zero-order chi connectivity index (χ0) is 21.1. The Morgan fingerprint density at radius 2 is 1.87 bits per heavy atom. The van der Waals surface area contributed by atoms with Crippen molar-refractivity contribution in [3.8, 4) is 0 Å². The van der Waals surface area contributed by atoms with E-state index < -0.39 is 5.25 Å². The normalized spacial score (nSPS) is 17.8. The average molecular weight is 442 g/mol. The maximum atomic E-state index is 13.3. The Morgan fingerprint density at radius 1 is 1.13 bits per heavy atom. The summed E-state index contributed by atoms with van der Waals surface area (Å²) in [6, 6.07) is 15.3. The van der Waals surface area contributed by atoms with E-state index >= 15 is 0 Å². The smallest absolute Gasteiger partial charge is 0.240 e. The minimum atomic E-state index is -0.414. The molecule has 2 heterocycles. The molecule has 2 N–H and O–H groups in total. The maximum Gasteiger partial charge on any atom is 0.240 e. The van der Waals surface area contributed by atoms with E-state index in [1.165, 1.54) is 17.3 Å². The molecule has 4 rings (SSSR count). The first-order valence-corrected chi connectivity index (χ1v) is 11.4. The standard InChI is InChI=1S/C22H24ClN5OS/c1-3-5-18-25-26-22-28(18)27-19(15-8-10-16(23)11-9-15)20(30-22)21(29)24-17-12-6-14(4-2)7-13-17/h6-13,19-20,27H,3-5H2,1-2H3,(H,24,29). The second kappa shape index (κ2) is 9.10. The average Bonchev–Trinajstić information content (AvgIpc) is 3.16. The van der Waals surface area contributed by atoms with E-state index in [0.29, 0.717) is 10.2 Å². The summed E-state index contributed by atoms with van der Waals surface area (Å²) in [6.45, 7) is 4.21. The Morgan fingerprint density at radius 3 is 2.53 bits per heavy atom. The summed E-state index contributed by atoms with van der Waals surface area (Å²) < 4.78 is 1.91. The summed E-state index contributed by atoms with van der Waals surface area (Å²) in [5, 5.41) is 12.6. The number of aromatic nitrogens is 3. The number of thioether (sulfide) groups is 1. The van der Waals surface area contributed by atoms with Crippen molar-refractivity contribution >= 4 is 35.0 Å². The van der Waals surface area contributed by atoms with Gasteiger partial charge in [0.15, 0.2) is 5.82 Å². The van der Waals surface area contributed by atoms with E-state index in [2.05, 4.69) is 34.8 Å². The van der Waals surface area contributed by atoms with Crippen LogP contribution in [0.1, 0.15) is 43.3 Å². The molecule has 156 valence electrons. The highest BCUT2D eigenvalue weighted by Gasteiger charge is 2.37. The SMILES string of the molecule is CCCc1nnc2n1NC(c1ccc(Cl)cc1)C(C(=O)Nc1ccc(CC)cc1)S2. The third kappa shape index (κ3) is 4.32. The van der Waals surface area contributed by atoms with Gasteiger partial charge in [0.2, 0.25) is 11.1 Å². The molecule has 0 bridgehead atoms. The third-order valence-corrected chi connectivity index (χ3v) is 6.56. The number of hydrogen-bond acceptors (Lipinski definition) is 5. The van der Waals surface area contributed by atoms with Crippen molar-refractivity contribution in [3.63, 3.8) is 0 Å². The van der Waals surface area contributed by atoms with E-state index in [4.69, 9.17) is 11.6 Å². The number of benzene rings is 2. The Balaban J connectivity index is 1.63. The fourth-order valence-electron chi connectivity index (χ4n) is 3.44. The van der Waals surface area contributed by atoms with Crippen molar-refractivity contribution in [3.05, 3.63) is 70.5 Å². The molecular formula is C22H24ClN5OS. The molecule has 30 heavy (non-hydrogen) atoms. The number of aryl methyl sites for hydroxylation is 2. The van der Waals surface area contributed by atoms with Gasteiger partial charge in [-0.3, -0.25) is 4.79 Å². The molecule has 0 saturated heterocycles. The lowest BCUT2D eigenvalue weighted by Gasteiger charge is -2.33. The summed E-state index contributed by atoms with van der Waals surface area (Å²) in [6.07, 6.45) is 2.74. The molecule has 6 nitrogen and oxygen atoms in total. The van der Waals surface area contributed by atoms with Crippen molar-refractivity contribution in [1.82, 2.24) is 14.9 Å². The quantitative estimate of drug-likeness (QED) is 0.572. The van der Waals surface area contributed by atoms with Crippen molar-refractivity contribution in [2.45, 2.75) is 49.6 Å². The fraction of sp³-hybridized carbons (Fsp3) is 0.318. The van der Waals surface area contributed by atoms with E-state index in [-0.39, 0.29) is 11.9 Å². The van der Waals surface area contributed by atoms with Crippen molar-refractivity contribution in [1.29, 1.82) is 0 Å². The van der Waals surface area contributed by atoms with Crippen LogP contribution in [-0.2, 0) is 17.6 Å². The van der Waals surface area contributed by atoms with Crippen molar-refractivity contribution in [2.24, 2.45) is 0 Å². The van der Waals surface area contributed by atoms with Crippen LogP contribution in [0.5, 0.6) is 0 Å².